The Labute approximate surface area is 196 Å². The van der Waals surface area contributed by atoms with Crippen LogP contribution in [0.3, 0.4) is 0 Å². The summed E-state index contributed by atoms with van der Waals surface area (Å²) in [5.74, 6) is 0.475. The molecule has 0 amide bonds. The summed E-state index contributed by atoms with van der Waals surface area (Å²) in [4.78, 5) is 24.8. The van der Waals surface area contributed by atoms with Gasteiger partial charge in [-0.25, -0.2) is 0 Å². The zero-order chi connectivity index (χ0) is 25.0. The first-order valence-electron chi connectivity index (χ1n) is 11.2. The highest BCUT2D eigenvalue weighted by Crippen LogP contribution is 2.33. The largest absolute Gasteiger partial charge is 0.508 e. The fourth-order valence-corrected chi connectivity index (χ4v) is 3.60. The van der Waals surface area contributed by atoms with Crippen molar-refractivity contribution in [2.45, 2.75) is 71.6 Å². The van der Waals surface area contributed by atoms with E-state index >= 15 is 0 Å². The van der Waals surface area contributed by atoms with E-state index in [1.54, 1.807) is 12.1 Å². The molecule has 33 heavy (non-hydrogen) atoms. The molecule has 184 valence electrons. The highest BCUT2D eigenvalue weighted by atomic mass is 16.9. The van der Waals surface area contributed by atoms with Gasteiger partial charge < -0.3 is 19.8 Å². The van der Waals surface area contributed by atoms with Crippen molar-refractivity contribution in [3.05, 3.63) is 57.7 Å². The molecule has 0 saturated carbocycles. The number of carbonyl (C=O) groups is 1. The van der Waals surface area contributed by atoms with Crippen LogP contribution in [0.15, 0.2) is 42.0 Å². The van der Waals surface area contributed by atoms with E-state index in [1.807, 2.05) is 13.8 Å². The van der Waals surface area contributed by atoms with Crippen LogP contribution >= 0.6 is 0 Å². The van der Waals surface area contributed by atoms with Crippen LogP contribution in [-0.4, -0.2) is 34.5 Å². The highest BCUT2D eigenvalue weighted by molar-refractivity contribution is 5.66. The number of rotatable bonds is 10. The molecule has 1 atom stereocenters. The van der Waals surface area contributed by atoms with Crippen molar-refractivity contribution in [3.8, 4) is 11.5 Å². The van der Waals surface area contributed by atoms with Gasteiger partial charge in [-0.05, 0) is 73.6 Å². The predicted molar refractivity (Wildman–Crippen MR) is 126 cm³/mol. The Morgan fingerprint density at radius 1 is 1.21 bits per heavy atom. The van der Waals surface area contributed by atoms with Gasteiger partial charge in [0.15, 0.2) is 0 Å². The number of aromatic hydroxyl groups is 2. The van der Waals surface area contributed by atoms with Crippen LogP contribution in [0.5, 0.6) is 11.5 Å². The molecule has 8 nitrogen and oxygen atoms in total. The number of esters is 1. The number of phenolic OH excluding ortho intramolecular Hbond substituents is 2. The Bertz CT molecular complexity index is 825. The number of phenols is 2. The summed E-state index contributed by atoms with van der Waals surface area (Å²) in [6, 6.07) is 4.52. The zero-order valence-corrected chi connectivity index (χ0v) is 20.1. The van der Waals surface area contributed by atoms with E-state index in [4.69, 9.17) is 4.74 Å². The van der Waals surface area contributed by atoms with E-state index in [0.29, 0.717) is 18.9 Å². The van der Waals surface area contributed by atoms with E-state index < -0.39 is 5.09 Å². The number of unbranched alkanes of at least 4 members (excludes halogenated alkanes) is 1. The molecule has 0 saturated heterocycles. The van der Waals surface area contributed by atoms with Gasteiger partial charge in [0.05, 0.1) is 6.61 Å². The van der Waals surface area contributed by atoms with Crippen LogP contribution in [0.25, 0.3) is 0 Å². The van der Waals surface area contributed by atoms with Gasteiger partial charge in [-0.3, -0.25) is 4.79 Å². The number of hydrogen-bond acceptors (Lipinski definition) is 7. The maximum absolute atomic E-state index is 10.6. The lowest BCUT2D eigenvalue weighted by Gasteiger charge is -2.25. The molecule has 2 N–H and O–H groups in total. The third-order valence-corrected chi connectivity index (χ3v) is 5.74. The third-order valence-electron chi connectivity index (χ3n) is 5.74. The molecule has 0 fully saturated rings. The summed E-state index contributed by atoms with van der Waals surface area (Å²) in [5.41, 5.74) is 3.11. The Morgan fingerprint density at radius 3 is 2.33 bits per heavy atom. The number of nitrogens with zero attached hydrogens (tertiary/aromatic N) is 1. The second-order valence-corrected chi connectivity index (χ2v) is 9.10. The number of carbonyl (C=O) groups excluding carboxylic acids is 1. The van der Waals surface area contributed by atoms with E-state index in [1.165, 1.54) is 24.1 Å². The van der Waals surface area contributed by atoms with Gasteiger partial charge in [0.2, 0.25) is 0 Å². The first-order chi connectivity index (χ1) is 15.4. The lowest BCUT2D eigenvalue weighted by Crippen LogP contribution is -2.17. The molecule has 1 unspecified atom stereocenters. The fraction of sp³-hybridized carbons (Fsp3) is 0.560. The number of hydrogen-bond donors (Lipinski definition) is 2. The maximum Gasteiger partial charge on any atom is 0.302 e. The summed E-state index contributed by atoms with van der Waals surface area (Å²) in [7, 11) is 0. The Morgan fingerprint density at radius 2 is 1.85 bits per heavy atom. The molecule has 1 aromatic carbocycles. The van der Waals surface area contributed by atoms with Gasteiger partial charge in [0, 0.05) is 13.0 Å². The Kier molecular flexibility index (Phi) is 11.5. The second kappa shape index (κ2) is 13.5. The van der Waals surface area contributed by atoms with Gasteiger partial charge >= 0.3 is 5.97 Å². The van der Waals surface area contributed by atoms with Crippen molar-refractivity contribution < 1.29 is 29.7 Å². The standard InChI is InChI=1S/C13H19NO5.C12H18O2/c1-13(2,5-3-4-6-19-14(17)18)10-7-11(15)9-12(16)8-10;1-9(2)12-6-4-11(5-7-12)8-14-10(3)13/h7-9,15-16H,3-6H2,1-2H3;4,12H,1,5-8H2,2-3H3. The Balaban J connectivity index is 0.000000346. The first-order valence-corrected chi connectivity index (χ1v) is 11.2. The van der Waals surface area contributed by atoms with Crippen LogP contribution in [0.1, 0.15) is 71.8 Å². The summed E-state index contributed by atoms with van der Waals surface area (Å²) in [6.07, 6.45) is 7.54. The summed E-state index contributed by atoms with van der Waals surface area (Å²) in [6.45, 7) is 12.0. The van der Waals surface area contributed by atoms with Crippen molar-refractivity contribution in [1.29, 1.82) is 0 Å². The molecule has 0 aliphatic heterocycles. The maximum atomic E-state index is 10.6. The zero-order valence-electron chi connectivity index (χ0n) is 20.1. The lowest BCUT2D eigenvalue weighted by molar-refractivity contribution is -0.757. The molecular weight excluding hydrogens is 426 g/mol. The minimum atomic E-state index is -0.793. The van der Waals surface area contributed by atoms with Crippen molar-refractivity contribution in [2.75, 3.05) is 13.2 Å². The van der Waals surface area contributed by atoms with Crippen LogP contribution in [0.4, 0.5) is 0 Å². The first kappa shape index (κ1) is 28.0. The molecule has 2 rings (SSSR count). The molecule has 1 aliphatic carbocycles. The van der Waals surface area contributed by atoms with Crippen molar-refractivity contribution in [3.63, 3.8) is 0 Å². The molecule has 1 aliphatic rings. The summed E-state index contributed by atoms with van der Waals surface area (Å²) < 4.78 is 4.95. The average Bonchev–Trinajstić information content (AvgIpc) is 2.71. The minimum Gasteiger partial charge on any atom is -0.508 e. The molecule has 1 aromatic rings. The number of benzene rings is 1. The SMILES string of the molecule is C=C(C)C1CC=C(COC(C)=O)CC1.CC(C)(CCCCO[N+](=O)[O-])c1cc(O)cc(O)c1. The molecular formula is C25H37NO7. The molecule has 0 spiro atoms. The van der Waals surface area contributed by atoms with Crippen molar-refractivity contribution in [2.24, 2.45) is 5.92 Å². The predicted octanol–water partition coefficient (Wildman–Crippen LogP) is 5.61. The van der Waals surface area contributed by atoms with Crippen LogP contribution in [-0.2, 0) is 19.8 Å². The van der Waals surface area contributed by atoms with E-state index in [2.05, 4.69) is 24.4 Å². The topological polar surface area (TPSA) is 119 Å². The quantitative estimate of drug-likeness (QED) is 0.152. The smallest absolute Gasteiger partial charge is 0.302 e. The minimum absolute atomic E-state index is 0.0276. The van der Waals surface area contributed by atoms with E-state index in [9.17, 15) is 25.1 Å². The molecule has 8 heteroatoms. The Hall–Kier alpha value is -3.03. The number of allylic oxidation sites excluding steroid dienone is 2. The normalized spacial score (nSPS) is 15.5. The lowest BCUT2D eigenvalue weighted by atomic mass is 9.80. The van der Waals surface area contributed by atoms with E-state index in [-0.39, 0.29) is 29.5 Å². The van der Waals surface area contributed by atoms with Gasteiger partial charge in [0.25, 0.3) is 5.09 Å². The molecule has 0 radical (unpaired) electrons. The van der Waals surface area contributed by atoms with Crippen molar-refractivity contribution >= 4 is 5.97 Å². The third kappa shape index (κ3) is 11.4. The average molecular weight is 464 g/mol. The van der Waals surface area contributed by atoms with Gasteiger partial charge in [-0.15, -0.1) is 10.1 Å². The second-order valence-electron chi connectivity index (χ2n) is 9.10. The monoisotopic (exact) mass is 463 g/mol. The summed E-state index contributed by atoms with van der Waals surface area (Å²) >= 11 is 0. The van der Waals surface area contributed by atoms with Crippen LogP contribution < -0.4 is 0 Å². The molecule has 0 heterocycles. The fourth-order valence-electron chi connectivity index (χ4n) is 3.60. The van der Waals surface area contributed by atoms with E-state index in [0.717, 1.165) is 37.7 Å². The summed E-state index contributed by atoms with van der Waals surface area (Å²) in [5, 5.41) is 28.1. The van der Waals surface area contributed by atoms with Gasteiger partial charge in [0.1, 0.15) is 18.1 Å². The highest BCUT2D eigenvalue weighted by Gasteiger charge is 2.21. The van der Waals surface area contributed by atoms with Crippen molar-refractivity contribution in [1.82, 2.24) is 0 Å². The molecule has 0 aromatic heterocycles. The number of ether oxygens (including phenoxy) is 1. The van der Waals surface area contributed by atoms with Gasteiger partial charge in [-0.1, -0.05) is 38.5 Å². The van der Waals surface area contributed by atoms with Crippen LogP contribution in [0.2, 0.25) is 0 Å². The van der Waals surface area contributed by atoms with Gasteiger partial charge in [-0.2, -0.15) is 0 Å². The van der Waals surface area contributed by atoms with Crippen LogP contribution in [0, 0.1) is 16.0 Å². The molecule has 0 bridgehead atoms.